The summed E-state index contributed by atoms with van der Waals surface area (Å²) < 4.78 is 7.06. The highest BCUT2D eigenvalue weighted by molar-refractivity contribution is 9.11. The van der Waals surface area contributed by atoms with Crippen LogP contribution in [-0.2, 0) is 6.42 Å². The molecule has 0 N–H and O–H groups in total. The number of halogens is 3. The molecular formula is C13H11Br2ClN2O. The molecule has 0 saturated carbocycles. The molecular weight excluding hydrogens is 395 g/mol. The molecule has 0 bridgehead atoms. The Morgan fingerprint density at radius 3 is 2.74 bits per heavy atom. The molecule has 6 heteroatoms. The van der Waals surface area contributed by atoms with Crippen LogP contribution in [0, 0.1) is 0 Å². The van der Waals surface area contributed by atoms with Crippen molar-refractivity contribution in [3.05, 3.63) is 50.8 Å². The third kappa shape index (κ3) is 3.91. The number of ether oxygens (including phenoxy) is 1. The lowest BCUT2D eigenvalue weighted by atomic mass is 10.1. The quantitative estimate of drug-likeness (QED) is 0.700. The van der Waals surface area contributed by atoms with Gasteiger partial charge < -0.3 is 4.74 Å². The van der Waals surface area contributed by atoms with E-state index in [4.69, 9.17) is 16.3 Å². The highest BCUT2D eigenvalue weighted by Gasteiger charge is 2.14. The summed E-state index contributed by atoms with van der Waals surface area (Å²) in [6, 6.07) is 7.73. The molecule has 1 unspecified atom stereocenters. The van der Waals surface area contributed by atoms with E-state index in [1.807, 2.05) is 18.2 Å². The van der Waals surface area contributed by atoms with Crippen molar-refractivity contribution in [2.45, 2.75) is 11.8 Å². The average molecular weight is 407 g/mol. The summed E-state index contributed by atoms with van der Waals surface area (Å²) in [5.74, 6) is 0.545. The van der Waals surface area contributed by atoms with Gasteiger partial charge in [-0.25, -0.2) is 9.97 Å². The Morgan fingerprint density at radius 1 is 1.26 bits per heavy atom. The molecule has 1 aromatic heterocycles. The molecule has 0 spiro atoms. The first-order valence-electron chi connectivity index (χ1n) is 5.54. The van der Waals surface area contributed by atoms with Crippen LogP contribution in [0.15, 0.2) is 39.5 Å². The molecule has 3 nitrogen and oxygen atoms in total. The van der Waals surface area contributed by atoms with E-state index in [0.29, 0.717) is 12.3 Å². The molecule has 1 atom stereocenters. The van der Waals surface area contributed by atoms with Crippen molar-refractivity contribution in [2.75, 3.05) is 7.11 Å². The lowest BCUT2D eigenvalue weighted by Crippen LogP contribution is -2.00. The second-order valence-electron chi connectivity index (χ2n) is 3.89. The fourth-order valence-electron chi connectivity index (χ4n) is 1.65. The second kappa shape index (κ2) is 6.68. The predicted molar refractivity (Wildman–Crippen MR) is 82.7 cm³/mol. The number of nitrogens with zero attached hydrogens (tertiary/aromatic N) is 2. The maximum atomic E-state index is 6.45. The van der Waals surface area contributed by atoms with Gasteiger partial charge in [-0.1, -0.05) is 37.9 Å². The van der Waals surface area contributed by atoms with Gasteiger partial charge in [-0.15, -0.1) is 11.6 Å². The maximum Gasteiger partial charge on any atom is 0.216 e. The lowest BCUT2D eigenvalue weighted by Gasteiger charge is -2.12. The largest absolute Gasteiger partial charge is 0.481 e. The van der Waals surface area contributed by atoms with Gasteiger partial charge in [0, 0.05) is 27.1 Å². The molecule has 100 valence electrons. The maximum absolute atomic E-state index is 6.45. The number of hydrogen-bond acceptors (Lipinski definition) is 3. The molecule has 19 heavy (non-hydrogen) atoms. The number of aromatic nitrogens is 2. The Morgan fingerprint density at radius 2 is 2.05 bits per heavy atom. The van der Waals surface area contributed by atoms with E-state index < -0.39 is 0 Å². The molecule has 1 heterocycles. The van der Waals surface area contributed by atoms with Crippen LogP contribution in [0.1, 0.15) is 16.6 Å². The number of methoxy groups -OCH3 is 1. The Kier molecular flexibility index (Phi) is 5.19. The first kappa shape index (κ1) is 14.8. The SMILES string of the molecule is COc1cc(CC(Cl)c2ccc(Br)cc2Br)ncn1. The molecule has 2 rings (SSSR count). The van der Waals surface area contributed by atoms with E-state index >= 15 is 0 Å². The third-order valence-corrected chi connectivity index (χ3v) is 4.17. The van der Waals surface area contributed by atoms with E-state index in [2.05, 4.69) is 41.8 Å². The fourth-order valence-corrected chi connectivity index (χ4v) is 3.45. The van der Waals surface area contributed by atoms with Gasteiger partial charge in [0.05, 0.1) is 12.5 Å². The van der Waals surface area contributed by atoms with Crippen LogP contribution in [0.2, 0.25) is 0 Å². The van der Waals surface area contributed by atoms with E-state index in [9.17, 15) is 0 Å². The molecule has 0 amide bonds. The fraction of sp³-hybridized carbons (Fsp3) is 0.231. The first-order valence-corrected chi connectivity index (χ1v) is 7.56. The zero-order valence-electron chi connectivity index (χ0n) is 10.1. The number of alkyl halides is 1. The van der Waals surface area contributed by atoms with Crippen LogP contribution >= 0.6 is 43.5 Å². The topological polar surface area (TPSA) is 35.0 Å². The highest BCUT2D eigenvalue weighted by Crippen LogP contribution is 2.32. The zero-order chi connectivity index (χ0) is 13.8. The van der Waals surface area contributed by atoms with Gasteiger partial charge in [0.25, 0.3) is 0 Å². The molecule has 0 aliphatic heterocycles. The van der Waals surface area contributed by atoms with Crippen LogP contribution in [0.25, 0.3) is 0 Å². The molecule has 2 aromatic rings. The van der Waals surface area contributed by atoms with Gasteiger partial charge in [-0.2, -0.15) is 0 Å². The minimum Gasteiger partial charge on any atom is -0.481 e. The summed E-state index contributed by atoms with van der Waals surface area (Å²) in [5, 5.41) is -0.165. The van der Waals surface area contributed by atoms with Gasteiger partial charge in [0.2, 0.25) is 5.88 Å². The zero-order valence-corrected chi connectivity index (χ0v) is 14.0. The Hall–Kier alpha value is -0.650. The van der Waals surface area contributed by atoms with E-state index in [0.717, 1.165) is 20.2 Å². The first-order chi connectivity index (χ1) is 9.10. The number of hydrogen-bond donors (Lipinski definition) is 0. The molecule has 1 aromatic carbocycles. The normalized spacial score (nSPS) is 12.2. The van der Waals surface area contributed by atoms with Gasteiger partial charge in [-0.05, 0) is 17.7 Å². The van der Waals surface area contributed by atoms with Crippen LogP contribution in [-0.4, -0.2) is 17.1 Å². The predicted octanol–water partition coefficient (Wildman–Crippen LogP) is 4.53. The van der Waals surface area contributed by atoms with Crippen molar-refractivity contribution < 1.29 is 4.74 Å². The van der Waals surface area contributed by atoms with Crippen LogP contribution in [0.5, 0.6) is 5.88 Å². The monoisotopic (exact) mass is 404 g/mol. The number of rotatable bonds is 4. The molecule has 0 saturated heterocycles. The van der Waals surface area contributed by atoms with Gasteiger partial charge in [-0.3, -0.25) is 0 Å². The molecule has 0 radical (unpaired) electrons. The highest BCUT2D eigenvalue weighted by atomic mass is 79.9. The van der Waals surface area contributed by atoms with Crippen LogP contribution in [0.3, 0.4) is 0 Å². The van der Waals surface area contributed by atoms with Crippen molar-refractivity contribution in [3.63, 3.8) is 0 Å². The van der Waals surface area contributed by atoms with Crippen molar-refractivity contribution in [3.8, 4) is 5.88 Å². The molecule has 0 aliphatic rings. The molecule has 0 fully saturated rings. The van der Waals surface area contributed by atoms with Crippen molar-refractivity contribution in [2.24, 2.45) is 0 Å². The Labute approximate surface area is 133 Å². The summed E-state index contributed by atoms with van der Waals surface area (Å²) in [5.41, 5.74) is 1.88. The Balaban J connectivity index is 2.17. The Bertz CT molecular complexity index is 580. The van der Waals surface area contributed by atoms with E-state index in [-0.39, 0.29) is 5.38 Å². The van der Waals surface area contributed by atoms with E-state index in [1.165, 1.54) is 6.33 Å². The third-order valence-electron chi connectivity index (χ3n) is 2.60. The molecule has 0 aliphatic carbocycles. The van der Waals surface area contributed by atoms with E-state index in [1.54, 1.807) is 13.2 Å². The van der Waals surface area contributed by atoms with Crippen LogP contribution in [0.4, 0.5) is 0 Å². The van der Waals surface area contributed by atoms with Crippen molar-refractivity contribution >= 4 is 43.5 Å². The summed E-state index contributed by atoms with van der Waals surface area (Å²) in [4.78, 5) is 8.18. The second-order valence-corrected chi connectivity index (χ2v) is 6.19. The average Bonchev–Trinajstić information content (AvgIpc) is 2.38. The smallest absolute Gasteiger partial charge is 0.216 e. The van der Waals surface area contributed by atoms with Crippen LogP contribution < -0.4 is 4.74 Å². The van der Waals surface area contributed by atoms with Gasteiger partial charge in [0.15, 0.2) is 0 Å². The minimum atomic E-state index is -0.165. The summed E-state index contributed by atoms with van der Waals surface area (Å²) in [6.45, 7) is 0. The summed E-state index contributed by atoms with van der Waals surface area (Å²) >= 11 is 13.4. The lowest BCUT2D eigenvalue weighted by molar-refractivity contribution is 0.396. The summed E-state index contributed by atoms with van der Waals surface area (Å²) in [7, 11) is 1.58. The standard InChI is InChI=1S/C13H11Br2ClN2O/c1-19-13-6-9(17-7-18-13)5-12(16)10-3-2-8(14)4-11(10)15/h2-4,6-7,12H,5H2,1H3. The number of benzene rings is 1. The van der Waals surface area contributed by atoms with Crippen molar-refractivity contribution in [1.82, 2.24) is 9.97 Å². The van der Waals surface area contributed by atoms with Gasteiger partial charge >= 0.3 is 0 Å². The minimum absolute atomic E-state index is 0.165. The van der Waals surface area contributed by atoms with Gasteiger partial charge in [0.1, 0.15) is 6.33 Å². The summed E-state index contributed by atoms with van der Waals surface area (Å²) in [6.07, 6.45) is 2.09. The van der Waals surface area contributed by atoms with Crippen molar-refractivity contribution in [1.29, 1.82) is 0 Å².